The lowest BCUT2D eigenvalue weighted by molar-refractivity contribution is -0.316. The third-order valence-corrected chi connectivity index (χ3v) is 2.34. The molecule has 0 aliphatic heterocycles. The lowest BCUT2D eigenvalue weighted by Crippen LogP contribution is -2.30. The minimum absolute atomic E-state index is 0. The maximum Gasteiger partial charge on any atom is 0.0457 e. The normalized spacial score (nSPS) is 27.8. The highest BCUT2D eigenvalue weighted by molar-refractivity contribution is 5.85. The van der Waals surface area contributed by atoms with Crippen molar-refractivity contribution in [3.63, 3.8) is 0 Å². The Bertz CT molecular complexity index is 205. The summed E-state index contributed by atoms with van der Waals surface area (Å²) in [5, 5.41) is 20.6. The van der Waals surface area contributed by atoms with Gasteiger partial charge in [0.2, 0.25) is 0 Å². The second-order valence-corrected chi connectivity index (χ2v) is 3.41. The Kier molecular flexibility index (Phi) is 4.11. The molecule has 2 atom stereocenters. The van der Waals surface area contributed by atoms with E-state index in [4.69, 9.17) is 0 Å². The third kappa shape index (κ3) is 1.96. The molecule has 8 N–H and O–H groups in total. The zero-order valence-electron chi connectivity index (χ0n) is 8.29. The Morgan fingerprint density at radius 3 is 1.31 bits per heavy atom. The number of hydrogen-bond acceptors (Lipinski definition) is 4. The van der Waals surface area contributed by atoms with Gasteiger partial charge < -0.3 is 32.1 Å². The van der Waals surface area contributed by atoms with E-state index in [1.165, 1.54) is 0 Å². The van der Waals surface area contributed by atoms with Gasteiger partial charge in [0.25, 0.3) is 0 Å². The highest BCUT2D eigenvalue weighted by Crippen LogP contribution is 2.57. The van der Waals surface area contributed by atoms with Crippen molar-refractivity contribution in [3.8, 4) is 0 Å². The molecule has 78 valence electrons. The Labute approximate surface area is 76.1 Å². The quantitative estimate of drug-likeness (QED) is 0.546. The first-order chi connectivity index (χ1) is 4.89. The molecule has 6 nitrogen and oxygen atoms in total. The largest absolute Gasteiger partial charge is 0.550 e. The van der Waals surface area contributed by atoms with Crippen molar-refractivity contribution in [2.24, 2.45) is 17.3 Å². The standard InChI is InChI=1S/C7H10O4.2H3N/c1-7(2)3(5(8)9)4(7)6(10)11;;/h3-4H,1-2H3,(H,8,9)(H,10,11);2*1H3. The lowest BCUT2D eigenvalue weighted by atomic mass is 10.1. The second kappa shape index (κ2) is 3.71. The fraction of sp³-hybridized carbons (Fsp3) is 0.714. The highest BCUT2D eigenvalue weighted by atomic mass is 16.4. The molecule has 1 fully saturated rings. The summed E-state index contributed by atoms with van der Waals surface area (Å²) in [4.78, 5) is 20.6. The zero-order chi connectivity index (χ0) is 8.81. The van der Waals surface area contributed by atoms with Crippen LogP contribution in [0.3, 0.4) is 0 Å². The molecular weight excluding hydrogens is 176 g/mol. The van der Waals surface area contributed by atoms with E-state index in [1.807, 2.05) is 0 Å². The molecule has 0 aromatic rings. The van der Waals surface area contributed by atoms with E-state index in [1.54, 1.807) is 13.8 Å². The molecule has 0 aromatic heterocycles. The number of carboxylic acid groups (broad SMARTS) is 2. The SMILES string of the molecule is CC1(C)C(C(=O)[O-])C1C(=O)[O-].[NH4+].[NH4+]. The van der Waals surface area contributed by atoms with E-state index in [9.17, 15) is 19.8 Å². The molecular formula is C7H16N2O4. The Hall–Kier alpha value is -1.14. The summed E-state index contributed by atoms with van der Waals surface area (Å²) in [5.41, 5.74) is -0.697. The topological polar surface area (TPSA) is 153 Å². The summed E-state index contributed by atoms with van der Waals surface area (Å²) >= 11 is 0. The van der Waals surface area contributed by atoms with Crippen molar-refractivity contribution in [3.05, 3.63) is 0 Å². The monoisotopic (exact) mass is 192 g/mol. The summed E-state index contributed by atoms with van der Waals surface area (Å²) < 4.78 is 0. The van der Waals surface area contributed by atoms with E-state index in [0.717, 1.165) is 0 Å². The first-order valence-electron chi connectivity index (χ1n) is 3.30. The van der Waals surface area contributed by atoms with Crippen molar-refractivity contribution < 1.29 is 19.8 Å². The van der Waals surface area contributed by atoms with Crippen LogP contribution in [0.5, 0.6) is 0 Å². The maximum atomic E-state index is 10.3. The lowest BCUT2D eigenvalue weighted by Gasteiger charge is -2.01. The zero-order valence-corrected chi connectivity index (χ0v) is 8.29. The second-order valence-electron chi connectivity index (χ2n) is 3.41. The van der Waals surface area contributed by atoms with Crippen LogP contribution in [0.1, 0.15) is 13.8 Å². The van der Waals surface area contributed by atoms with Crippen LogP contribution in [0.2, 0.25) is 0 Å². The van der Waals surface area contributed by atoms with E-state index in [2.05, 4.69) is 0 Å². The van der Waals surface area contributed by atoms with Crippen LogP contribution >= 0.6 is 0 Å². The first-order valence-corrected chi connectivity index (χ1v) is 3.30. The fourth-order valence-electron chi connectivity index (χ4n) is 1.52. The van der Waals surface area contributed by atoms with Crippen molar-refractivity contribution >= 4 is 11.9 Å². The van der Waals surface area contributed by atoms with Crippen molar-refractivity contribution in [2.75, 3.05) is 0 Å². The smallest absolute Gasteiger partial charge is 0.0457 e. The summed E-state index contributed by atoms with van der Waals surface area (Å²) in [5.74, 6) is -4.37. The van der Waals surface area contributed by atoms with Gasteiger partial charge in [0.05, 0.1) is 0 Å². The van der Waals surface area contributed by atoms with Gasteiger partial charge in [-0.05, 0) is 5.41 Å². The van der Waals surface area contributed by atoms with E-state index in [-0.39, 0.29) is 12.3 Å². The molecule has 0 bridgehead atoms. The third-order valence-electron chi connectivity index (χ3n) is 2.34. The number of aliphatic carboxylic acids is 2. The molecule has 0 saturated heterocycles. The molecule has 1 saturated carbocycles. The van der Waals surface area contributed by atoms with Crippen LogP contribution in [0.15, 0.2) is 0 Å². The maximum absolute atomic E-state index is 10.3. The molecule has 0 radical (unpaired) electrons. The van der Waals surface area contributed by atoms with E-state index < -0.39 is 29.2 Å². The molecule has 0 aromatic carbocycles. The molecule has 0 spiro atoms. The van der Waals surface area contributed by atoms with Crippen LogP contribution in [-0.2, 0) is 9.59 Å². The van der Waals surface area contributed by atoms with Crippen LogP contribution < -0.4 is 22.5 Å². The molecule has 1 rings (SSSR count). The number of rotatable bonds is 2. The van der Waals surface area contributed by atoms with E-state index in [0.29, 0.717) is 0 Å². The summed E-state index contributed by atoms with van der Waals surface area (Å²) in [6.45, 7) is 3.15. The van der Waals surface area contributed by atoms with Crippen molar-refractivity contribution in [1.29, 1.82) is 0 Å². The average molecular weight is 192 g/mol. The summed E-state index contributed by atoms with van der Waals surface area (Å²) in [7, 11) is 0. The number of hydrogen-bond donors (Lipinski definition) is 2. The van der Waals surface area contributed by atoms with Crippen molar-refractivity contribution in [2.45, 2.75) is 13.8 Å². The van der Waals surface area contributed by atoms with Gasteiger partial charge in [-0.2, -0.15) is 0 Å². The Morgan fingerprint density at radius 2 is 1.23 bits per heavy atom. The van der Waals surface area contributed by atoms with Gasteiger partial charge in [-0.15, -0.1) is 0 Å². The molecule has 1 aliphatic carbocycles. The highest BCUT2D eigenvalue weighted by Gasteiger charge is 2.59. The minimum Gasteiger partial charge on any atom is -0.550 e. The molecule has 13 heavy (non-hydrogen) atoms. The van der Waals surface area contributed by atoms with E-state index >= 15 is 0 Å². The molecule has 6 heteroatoms. The van der Waals surface area contributed by atoms with Gasteiger partial charge in [0.1, 0.15) is 0 Å². The number of quaternary nitrogens is 2. The van der Waals surface area contributed by atoms with Crippen LogP contribution in [0.25, 0.3) is 0 Å². The number of carbonyl (C=O) groups is 2. The molecule has 1 aliphatic rings. The van der Waals surface area contributed by atoms with Gasteiger partial charge in [-0.1, -0.05) is 13.8 Å². The summed E-state index contributed by atoms with van der Waals surface area (Å²) in [6, 6.07) is 0. The van der Waals surface area contributed by atoms with Gasteiger partial charge in [0, 0.05) is 23.8 Å². The van der Waals surface area contributed by atoms with Gasteiger partial charge in [-0.25, -0.2) is 0 Å². The first kappa shape index (κ1) is 14.4. The Morgan fingerprint density at radius 1 is 1.00 bits per heavy atom. The summed E-state index contributed by atoms with van der Waals surface area (Å²) in [6.07, 6.45) is 0. The van der Waals surface area contributed by atoms with Crippen LogP contribution in [0, 0.1) is 17.3 Å². The van der Waals surface area contributed by atoms with Gasteiger partial charge in [0.15, 0.2) is 0 Å². The predicted octanol–water partition coefficient (Wildman–Crippen LogP) is -1.49. The Balaban J connectivity index is 0. The van der Waals surface area contributed by atoms with Gasteiger partial charge >= 0.3 is 0 Å². The number of carboxylic acids is 2. The van der Waals surface area contributed by atoms with Crippen molar-refractivity contribution in [1.82, 2.24) is 12.3 Å². The van der Waals surface area contributed by atoms with Crippen LogP contribution in [-0.4, -0.2) is 11.9 Å². The number of carbonyl (C=O) groups excluding carboxylic acids is 2. The van der Waals surface area contributed by atoms with Crippen LogP contribution in [0.4, 0.5) is 0 Å². The predicted molar refractivity (Wildman–Crippen MR) is 42.7 cm³/mol. The fourth-order valence-corrected chi connectivity index (χ4v) is 1.52. The molecule has 2 unspecified atom stereocenters. The molecule has 0 amide bonds. The minimum atomic E-state index is -1.30. The molecule has 0 heterocycles. The average Bonchev–Trinajstić information content (AvgIpc) is 2.33. The van der Waals surface area contributed by atoms with Gasteiger partial charge in [-0.3, -0.25) is 0 Å².